The second-order valence-electron chi connectivity index (χ2n) is 6.83. The van der Waals surface area contributed by atoms with Crippen molar-refractivity contribution in [2.75, 3.05) is 29.9 Å². The van der Waals surface area contributed by atoms with Gasteiger partial charge in [-0.15, -0.1) is 0 Å². The third kappa shape index (κ3) is 4.24. The predicted molar refractivity (Wildman–Crippen MR) is 90.7 cm³/mol. The van der Waals surface area contributed by atoms with E-state index >= 15 is 0 Å². The van der Waals surface area contributed by atoms with Gasteiger partial charge in [0.05, 0.1) is 24.7 Å². The Morgan fingerprint density at radius 2 is 2.04 bits per heavy atom. The fraction of sp³-hybridized carbons (Fsp3) is 0.611. The first-order chi connectivity index (χ1) is 11.0. The van der Waals surface area contributed by atoms with Crippen molar-refractivity contribution >= 4 is 17.3 Å². The van der Waals surface area contributed by atoms with Gasteiger partial charge in [-0.1, -0.05) is 12.8 Å². The number of morpholine rings is 1. The molecule has 0 radical (unpaired) electrons. The number of nitrogens with zero attached hydrogens (tertiary/aromatic N) is 1. The Balaban J connectivity index is 1.55. The summed E-state index contributed by atoms with van der Waals surface area (Å²) in [6.07, 6.45) is 3.92. The number of ether oxygens (including phenoxy) is 1. The number of hydrogen-bond donors (Lipinski definition) is 2. The van der Waals surface area contributed by atoms with Crippen molar-refractivity contribution in [3.63, 3.8) is 0 Å². The van der Waals surface area contributed by atoms with Gasteiger partial charge in [0.15, 0.2) is 0 Å². The lowest BCUT2D eigenvalue weighted by atomic mass is 9.97. The maximum Gasteiger partial charge on any atom is 0.227 e. The van der Waals surface area contributed by atoms with Gasteiger partial charge >= 0.3 is 0 Å². The molecule has 0 spiro atoms. The Hall–Kier alpha value is -1.59. The highest BCUT2D eigenvalue weighted by atomic mass is 16.5. The zero-order valence-electron chi connectivity index (χ0n) is 13.8. The Morgan fingerprint density at radius 3 is 2.70 bits per heavy atom. The number of anilines is 2. The van der Waals surface area contributed by atoms with Crippen molar-refractivity contribution in [3.8, 4) is 0 Å². The minimum Gasteiger partial charge on any atom is -0.389 e. The van der Waals surface area contributed by atoms with Gasteiger partial charge in [-0.3, -0.25) is 4.79 Å². The maximum absolute atomic E-state index is 12.1. The summed E-state index contributed by atoms with van der Waals surface area (Å²) in [7, 11) is 0. The minimum atomic E-state index is -0.798. The van der Waals surface area contributed by atoms with E-state index in [-0.39, 0.29) is 18.4 Å². The van der Waals surface area contributed by atoms with E-state index in [9.17, 15) is 9.90 Å². The molecule has 2 fully saturated rings. The van der Waals surface area contributed by atoms with Crippen molar-refractivity contribution in [2.24, 2.45) is 0 Å². The molecule has 0 bridgehead atoms. The van der Waals surface area contributed by atoms with E-state index in [1.54, 1.807) is 0 Å². The second kappa shape index (κ2) is 6.89. The van der Waals surface area contributed by atoms with Crippen LogP contribution >= 0.6 is 0 Å². The fourth-order valence-electron chi connectivity index (χ4n) is 3.52. The molecule has 126 valence electrons. The van der Waals surface area contributed by atoms with E-state index in [4.69, 9.17) is 4.74 Å². The van der Waals surface area contributed by atoms with Crippen molar-refractivity contribution in [2.45, 2.75) is 50.7 Å². The van der Waals surface area contributed by atoms with Crippen LogP contribution in [0.4, 0.5) is 11.4 Å². The van der Waals surface area contributed by atoms with Gasteiger partial charge in [0.1, 0.15) is 0 Å². The third-order valence-corrected chi connectivity index (χ3v) is 4.78. The van der Waals surface area contributed by atoms with Crippen LogP contribution in [0.3, 0.4) is 0 Å². The Kier molecular flexibility index (Phi) is 4.87. The molecular weight excluding hydrogens is 292 g/mol. The molecular formula is C18H26N2O3. The maximum atomic E-state index is 12.1. The first-order valence-electron chi connectivity index (χ1n) is 8.53. The molecule has 1 aliphatic carbocycles. The molecule has 23 heavy (non-hydrogen) atoms. The van der Waals surface area contributed by atoms with Crippen molar-refractivity contribution < 1.29 is 14.6 Å². The highest BCUT2D eigenvalue weighted by molar-refractivity contribution is 5.91. The molecule has 1 amide bonds. The number of carbonyl (C=O) groups is 1. The summed E-state index contributed by atoms with van der Waals surface area (Å²) >= 11 is 0. The van der Waals surface area contributed by atoms with Crippen molar-refractivity contribution in [3.05, 3.63) is 24.3 Å². The molecule has 5 nitrogen and oxygen atoms in total. The van der Waals surface area contributed by atoms with Crippen LogP contribution in [0.15, 0.2) is 24.3 Å². The van der Waals surface area contributed by atoms with Gasteiger partial charge in [0.25, 0.3) is 0 Å². The first kappa shape index (κ1) is 16.3. The van der Waals surface area contributed by atoms with Crippen LogP contribution in [0, 0.1) is 0 Å². The average molecular weight is 318 g/mol. The number of nitrogens with one attached hydrogen (secondary N) is 1. The highest BCUT2D eigenvalue weighted by Gasteiger charge is 2.33. The van der Waals surface area contributed by atoms with E-state index in [0.717, 1.165) is 56.8 Å². The summed E-state index contributed by atoms with van der Waals surface area (Å²) in [5, 5.41) is 13.2. The molecule has 1 aromatic carbocycles. The number of aliphatic hydroxyl groups is 1. The van der Waals surface area contributed by atoms with Crippen LogP contribution in [0.5, 0.6) is 0 Å². The summed E-state index contributed by atoms with van der Waals surface area (Å²) in [4.78, 5) is 14.4. The van der Waals surface area contributed by atoms with Gasteiger partial charge < -0.3 is 20.1 Å². The molecule has 1 heterocycles. The SMILES string of the molecule is CC1CN(c2ccc(NC(=O)CC3(O)CCCC3)cc2)CCO1. The molecule has 1 saturated heterocycles. The number of rotatable bonds is 4. The number of hydrogen-bond acceptors (Lipinski definition) is 4. The summed E-state index contributed by atoms with van der Waals surface area (Å²) in [6.45, 7) is 4.61. The summed E-state index contributed by atoms with van der Waals surface area (Å²) in [5.74, 6) is -0.109. The fourth-order valence-corrected chi connectivity index (χ4v) is 3.52. The smallest absolute Gasteiger partial charge is 0.227 e. The topological polar surface area (TPSA) is 61.8 Å². The van der Waals surface area contributed by atoms with Gasteiger partial charge in [-0.05, 0) is 44.0 Å². The van der Waals surface area contributed by atoms with Crippen LogP contribution in [0.1, 0.15) is 39.0 Å². The van der Waals surface area contributed by atoms with Gasteiger partial charge in [-0.25, -0.2) is 0 Å². The van der Waals surface area contributed by atoms with Gasteiger partial charge in [-0.2, -0.15) is 0 Å². The van der Waals surface area contributed by atoms with Crippen LogP contribution in [-0.4, -0.2) is 42.4 Å². The largest absolute Gasteiger partial charge is 0.389 e. The van der Waals surface area contributed by atoms with Crippen LogP contribution in [-0.2, 0) is 9.53 Å². The third-order valence-electron chi connectivity index (χ3n) is 4.78. The van der Waals surface area contributed by atoms with Gasteiger partial charge in [0.2, 0.25) is 5.91 Å². The number of benzene rings is 1. The van der Waals surface area contributed by atoms with E-state index in [0.29, 0.717) is 0 Å². The van der Waals surface area contributed by atoms with E-state index in [1.807, 2.05) is 24.3 Å². The number of carbonyl (C=O) groups excluding carboxylic acids is 1. The summed E-state index contributed by atoms with van der Waals surface area (Å²) < 4.78 is 5.56. The highest BCUT2D eigenvalue weighted by Crippen LogP contribution is 2.32. The van der Waals surface area contributed by atoms with E-state index in [1.165, 1.54) is 0 Å². The quantitative estimate of drug-likeness (QED) is 0.895. The molecule has 1 unspecified atom stereocenters. The van der Waals surface area contributed by atoms with Crippen molar-refractivity contribution in [1.82, 2.24) is 0 Å². The predicted octanol–water partition coefficient (Wildman–Crippen LogP) is 2.55. The molecule has 1 atom stereocenters. The first-order valence-corrected chi connectivity index (χ1v) is 8.53. The molecule has 5 heteroatoms. The lowest BCUT2D eigenvalue weighted by Crippen LogP contribution is -2.41. The lowest BCUT2D eigenvalue weighted by Gasteiger charge is -2.33. The standard InChI is InChI=1S/C18H26N2O3/c1-14-13-20(10-11-23-14)16-6-4-15(5-7-16)19-17(21)12-18(22)8-2-3-9-18/h4-7,14,22H,2-3,8-13H2,1H3,(H,19,21). The molecule has 2 aliphatic rings. The van der Waals surface area contributed by atoms with E-state index < -0.39 is 5.60 Å². The second-order valence-corrected chi connectivity index (χ2v) is 6.83. The minimum absolute atomic E-state index is 0.109. The summed E-state index contributed by atoms with van der Waals surface area (Å²) in [6, 6.07) is 7.90. The molecule has 1 aromatic rings. The number of amides is 1. The Morgan fingerprint density at radius 1 is 1.35 bits per heavy atom. The van der Waals surface area contributed by atoms with E-state index in [2.05, 4.69) is 17.1 Å². The van der Waals surface area contributed by atoms with Crippen LogP contribution in [0.2, 0.25) is 0 Å². The zero-order chi connectivity index (χ0) is 16.3. The normalized spacial score (nSPS) is 23.7. The molecule has 2 N–H and O–H groups in total. The Bertz CT molecular complexity index is 538. The van der Waals surface area contributed by atoms with Crippen molar-refractivity contribution in [1.29, 1.82) is 0 Å². The molecule has 3 rings (SSSR count). The average Bonchev–Trinajstić information content (AvgIpc) is 2.94. The van der Waals surface area contributed by atoms with Crippen LogP contribution in [0.25, 0.3) is 0 Å². The molecule has 0 aromatic heterocycles. The van der Waals surface area contributed by atoms with Gasteiger partial charge in [0, 0.05) is 24.5 Å². The molecule has 1 saturated carbocycles. The lowest BCUT2D eigenvalue weighted by molar-refractivity contribution is -0.120. The monoisotopic (exact) mass is 318 g/mol. The molecule has 1 aliphatic heterocycles. The Labute approximate surface area is 137 Å². The van der Waals surface area contributed by atoms with Crippen LogP contribution < -0.4 is 10.2 Å². The summed E-state index contributed by atoms with van der Waals surface area (Å²) in [5.41, 5.74) is 1.13. The zero-order valence-corrected chi connectivity index (χ0v) is 13.8.